The van der Waals surface area contributed by atoms with E-state index in [1.165, 1.54) is 11.3 Å². The Balaban J connectivity index is 2.62. The molecule has 0 fully saturated rings. The van der Waals surface area contributed by atoms with Gasteiger partial charge in [-0.25, -0.2) is 0 Å². The second kappa shape index (κ2) is 5.01. The van der Waals surface area contributed by atoms with E-state index in [-0.39, 0.29) is 11.4 Å². The highest BCUT2D eigenvalue weighted by Crippen LogP contribution is 2.25. The SMILES string of the molecule is CSc1ccsc1C(=O)NCC(C)(C)N. The summed E-state index contributed by atoms with van der Waals surface area (Å²) in [6.45, 7) is 4.26. The van der Waals surface area contributed by atoms with Gasteiger partial charge in [0.15, 0.2) is 0 Å². The highest BCUT2D eigenvalue weighted by molar-refractivity contribution is 7.98. The molecule has 3 N–H and O–H groups in total. The van der Waals surface area contributed by atoms with E-state index in [0.717, 1.165) is 9.77 Å². The minimum absolute atomic E-state index is 0.0344. The zero-order valence-corrected chi connectivity index (χ0v) is 10.8. The Bertz CT molecular complexity index is 341. The average molecular weight is 244 g/mol. The lowest BCUT2D eigenvalue weighted by molar-refractivity contribution is 0.0947. The van der Waals surface area contributed by atoms with Crippen LogP contribution in [0.4, 0.5) is 0 Å². The van der Waals surface area contributed by atoms with Crippen LogP contribution in [0.5, 0.6) is 0 Å². The van der Waals surface area contributed by atoms with Crippen molar-refractivity contribution in [3.05, 3.63) is 16.3 Å². The molecule has 0 bridgehead atoms. The zero-order valence-electron chi connectivity index (χ0n) is 9.16. The number of amides is 1. The van der Waals surface area contributed by atoms with Crippen LogP contribution in [0.25, 0.3) is 0 Å². The fourth-order valence-electron chi connectivity index (χ4n) is 1.01. The van der Waals surface area contributed by atoms with Crippen molar-refractivity contribution in [2.45, 2.75) is 24.3 Å². The molecule has 0 radical (unpaired) electrons. The highest BCUT2D eigenvalue weighted by Gasteiger charge is 2.16. The van der Waals surface area contributed by atoms with Gasteiger partial charge in [0, 0.05) is 17.0 Å². The van der Waals surface area contributed by atoms with Gasteiger partial charge in [0.05, 0.1) is 0 Å². The monoisotopic (exact) mass is 244 g/mol. The summed E-state index contributed by atoms with van der Waals surface area (Å²) in [5, 5.41) is 4.76. The van der Waals surface area contributed by atoms with E-state index in [1.54, 1.807) is 11.8 Å². The number of carbonyl (C=O) groups is 1. The number of hydrogen-bond donors (Lipinski definition) is 2. The van der Waals surface area contributed by atoms with Crippen LogP contribution in [0.1, 0.15) is 23.5 Å². The summed E-state index contributed by atoms with van der Waals surface area (Å²) >= 11 is 3.04. The van der Waals surface area contributed by atoms with E-state index < -0.39 is 0 Å². The molecule has 0 saturated carbocycles. The molecule has 15 heavy (non-hydrogen) atoms. The fourth-order valence-corrected chi connectivity index (χ4v) is 2.68. The molecule has 84 valence electrons. The molecule has 0 spiro atoms. The molecule has 3 nitrogen and oxygen atoms in total. The maximum absolute atomic E-state index is 11.8. The van der Waals surface area contributed by atoms with Gasteiger partial charge in [-0.05, 0) is 31.5 Å². The minimum Gasteiger partial charge on any atom is -0.349 e. The number of carbonyl (C=O) groups excluding carboxylic acids is 1. The molecule has 5 heteroatoms. The lowest BCUT2D eigenvalue weighted by atomic mass is 10.1. The molecule has 0 aliphatic carbocycles. The molecule has 1 heterocycles. The van der Waals surface area contributed by atoms with Crippen LogP contribution < -0.4 is 11.1 Å². The normalized spacial score (nSPS) is 11.5. The van der Waals surface area contributed by atoms with Gasteiger partial charge in [0.25, 0.3) is 5.91 Å². The zero-order chi connectivity index (χ0) is 11.5. The van der Waals surface area contributed by atoms with Gasteiger partial charge < -0.3 is 11.1 Å². The molecule has 0 saturated heterocycles. The topological polar surface area (TPSA) is 55.1 Å². The number of nitrogens with two attached hydrogens (primary N) is 1. The molecule has 0 atom stereocenters. The first-order valence-corrected chi connectivity index (χ1v) is 6.73. The van der Waals surface area contributed by atoms with Gasteiger partial charge >= 0.3 is 0 Å². The van der Waals surface area contributed by atoms with E-state index >= 15 is 0 Å². The molecular weight excluding hydrogens is 228 g/mol. The summed E-state index contributed by atoms with van der Waals surface area (Å²) in [5.74, 6) is -0.0344. The largest absolute Gasteiger partial charge is 0.349 e. The van der Waals surface area contributed by atoms with Gasteiger partial charge in [-0.2, -0.15) is 0 Å². The van der Waals surface area contributed by atoms with Crippen molar-refractivity contribution in [1.29, 1.82) is 0 Å². The second-order valence-corrected chi connectivity index (χ2v) is 5.75. The third-order valence-corrected chi connectivity index (χ3v) is 3.58. The lowest BCUT2D eigenvalue weighted by Gasteiger charge is -2.18. The Hall–Kier alpha value is -0.520. The minimum atomic E-state index is -0.369. The van der Waals surface area contributed by atoms with E-state index in [4.69, 9.17) is 5.73 Å². The third-order valence-electron chi connectivity index (χ3n) is 1.76. The predicted octanol–water partition coefficient (Wildman–Crippen LogP) is 1.94. The number of rotatable bonds is 4. The van der Waals surface area contributed by atoms with E-state index in [2.05, 4.69) is 5.32 Å². The van der Waals surface area contributed by atoms with Crippen molar-refractivity contribution in [3.8, 4) is 0 Å². The Morgan fingerprint density at radius 1 is 1.67 bits per heavy atom. The summed E-state index contributed by atoms with van der Waals surface area (Å²) in [4.78, 5) is 13.6. The maximum Gasteiger partial charge on any atom is 0.262 e. The molecule has 0 aromatic carbocycles. The molecule has 0 unspecified atom stereocenters. The number of hydrogen-bond acceptors (Lipinski definition) is 4. The quantitative estimate of drug-likeness (QED) is 0.796. The molecule has 1 aromatic rings. The van der Waals surface area contributed by atoms with Crippen LogP contribution in [0.3, 0.4) is 0 Å². The third kappa shape index (κ3) is 3.85. The van der Waals surface area contributed by atoms with Crippen LogP contribution >= 0.6 is 23.1 Å². The molecule has 0 aliphatic heterocycles. The van der Waals surface area contributed by atoms with Crippen LogP contribution in [0, 0.1) is 0 Å². The van der Waals surface area contributed by atoms with E-state index in [0.29, 0.717) is 6.54 Å². The van der Waals surface area contributed by atoms with Crippen LogP contribution in [-0.2, 0) is 0 Å². The second-order valence-electron chi connectivity index (χ2n) is 3.99. The highest BCUT2D eigenvalue weighted by atomic mass is 32.2. The first-order valence-electron chi connectivity index (χ1n) is 4.62. The molecule has 1 rings (SSSR count). The lowest BCUT2D eigenvalue weighted by Crippen LogP contribution is -2.45. The van der Waals surface area contributed by atoms with Crippen molar-refractivity contribution in [2.24, 2.45) is 5.73 Å². The van der Waals surface area contributed by atoms with Crippen LogP contribution in [0.15, 0.2) is 16.3 Å². The van der Waals surface area contributed by atoms with Gasteiger partial charge in [0.2, 0.25) is 0 Å². The first-order chi connectivity index (χ1) is 6.94. The van der Waals surface area contributed by atoms with Crippen molar-refractivity contribution in [2.75, 3.05) is 12.8 Å². The Labute approximate surface area is 98.4 Å². The van der Waals surface area contributed by atoms with E-state index in [1.807, 2.05) is 31.5 Å². The summed E-state index contributed by atoms with van der Waals surface area (Å²) in [6.07, 6.45) is 1.96. The molecular formula is C10H16N2OS2. The Morgan fingerprint density at radius 3 is 2.87 bits per heavy atom. The van der Waals surface area contributed by atoms with Gasteiger partial charge in [-0.1, -0.05) is 0 Å². The Morgan fingerprint density at radius 2 is 2.33 bits per heavy atom. The summed E-state index contributed by atoms with van der Waals surface area (Å²) < 4.78 is 0. The standard InChI is InChI=1S/C10H16N2OS2/c1-10(2,11)6-12-9(13)8-7(14-3)4-5-15-8/h4-5H,6,11H2,1-3H3,(H,12,13). The van der Waals surface area contributed by atoms with Gasteiger partial charge in [-0.15, -0.1) is 23.1 Å². The van der Waals surface area contributed by atoms with E-state index in [9.17, 15) is 4.79 Å². The van der Waals surface area contributed by atoms with Crippen LogP contribution in [0.2, 0.25) is 0 Å². The summed E-state index contributed by atoms with van der Waals surface area (Å²) in [5.41, 5.74) is 5.42. The van der Waals surface area contributed by atoms with Gasteiger partial charge in [-0.3, -0.25) is 4.79 Å². The number of thiophene rings is 1. The van der Waals surface area contributed by atoms with Gasteiger partial charge in [0.1, 0.15) is 4.88 Å². The van der Waals surface area contributed by atoms with Crippen molar-refractivity contribution >= 4 is 29.0 Å². The molecule has 0 aliphatic rings. The smallest absolute Gasteiger partial charge is 0.262 e. The number of thioether (sulfide) groups is 1. The van der Waals surface area contributed by atoms with Crippen molar-refractivity contribution in [3.63, 3.8) is 0 Å². The molecule has 1 aromatic heterocycles. The van der Waals surface area contributed by atoms with Crippen molar-refractivity contribution in [1.82, 2.24) is 5.32 Å². The summed E-state index contributed by atoms with van der Waals surface area (Å²) in [7, 11) is 0. The first kappa shape index (κ1) is 12.5. The Kier molecular flexibility index (Phi) is 4.19. The maximum atomic E-state index is 11.8. The van der Waals surface area contributed by atoms with Crippen LogP contribution in [-0.4, -0.2) is 24.2 Å². The number of nitrogens with one attached hydrogen (secondary N) is 1. The summed E-state index contributed by atoms with van der Waals surface area (Å²) in [6, 6.07) is 1.96. The predicted molar refractivity (Wildman–Crippen MR) is 66.7 cm³/mol. The molecule has 1 amide bonds. The average Bonchev–Trinajstić information content (AvgIpc) is 2.60. The van der Waals surface area contributed by atoms with Crippen molar-refractivity contribution < 1.29 is 4.79 Å². The fraction of sp³-hybridized carbons (Fsp3) is 0.500.